The van der Waals surface area contributed by atoms with E-state index in [1.165, 1.54) is 43.4 Å². The van der Waals surface area contributed by atoms with Gasteiger partial charge >= 0.3 is 6.03 Å². The molecule has 1 aliphatic heterocycles. The lowest BCUT2D eigenvalue weighted by Gasteiger charge is -2.42. The molecule has 4 amide bonds. The minimum absolute atomic E-state index is 0.0205. The summed E-state index contributed by atoms with van der Waals surface area (Å²) in [5.74, 6) is -0.0660. The molecule has 0 aromatic carbocycles. The normalized spacial score (nSPS) is 31.9. The molecule has 2 unspecified atom stereocenters. The first-order valence-electron chi connectivity index (χ1n) is 12.0. The third kappa shape index (κ3) is 3.91. The van der Waals surface area contributed by atoms with Crippen molar-refractivity contribution in [1.82, 2.24) is 15.1 Å². The highest BCUT2D eigenvalue weighted by atomic mass is 16.2. The van der Waals surface area contributed by atoms with Crippen LogP contribution < -0.4 is 5.32 Å². The average Bonchev–Trinajstić information content (AvgIpc) is 2.97. The second-order valence-electron chi connectivity index (χ2n) is 9.82. The maximum absolute atomic E-state index is 13.5. The van der Waals surface area contributed by atoms with Crippen molar-refractivity contribution in [2.24, 2.45) is 5.92 Å². The number of urea groups is 1. The van der Waals surface area contributed by atoms with Crippen molar-refractivity contribution in [2.45, 2.75) is 114 Å². The summed E-state index contributed by atoms with van der Waals surface area (Å²) in [7, 11) is 0. The van der Waals surface area contributed by atoms with Gasteiger partial charge in [-0.05, 0) is 44.4 Å². The Morgan fingerprint density at radius 3 is 2.03 bits per heavy atom. The highest BCUT2D eigenvalue weighted by Gasteiger charge is 2.55. The molecule has 3 saturated carbocycles. The standard InChI is InChI=1S/C23H37N3O3/c1-17-10-8-9-15-23(17)21(28)25(22(29)24-23)16-20(27)26(18-11-4-2-5-12-18)19-13-6-3-7-14-19/h17-19H,2-16H2,1H3,(H,24,29). The maximum atomic E-state index is 13.5. The molecule has 1 saturated heterocycles. The van der Waals surface area contributed by atoms with Crippen LogP contribution in [0.1, 0.15) is 96.8 Å². The molecule has 6 nitrogen and oxygen atoms in total. The molecule has 162 valence electrons. The van der Waals surface area contributed by atoms with Crippen LogP contribution in [0.2, 0.25) is 0 Å². The molecule has 2 atom stereocenters. The number of imide groups is 1. The smallest absolute Gasteiger partial charge is 0.325 e. The van der Waals surface area contributed by atoms with Crippen molar-refractivity contribution in [3.8, 4) is 0 Å². The van der Waals surface area contributed by atoms with Gasteiger partial charge in [-0.3, -0.25) is 14.5 Å². The zero-order valence-electron chi connectivity index (χ0n) is 18.0. The number of nitrogens with one attached hydrogen (secondary N) is 1. The zero-order chi connectivity index (χ0) is 20.4. The number of hydrogen-bond donors (Lipinski definition) is 1. The first-order chi connectivity index (χ1) is 14.0. The summed E-state index contributed by atoms with van der Waals surface area (Å²) in [5, 5.41) is 2.99. The number of nitrogens with zero attached hydrogens (tertiary/aromatic N) is 2. The van der Waals surface area contributed by atoms with Crippen molar-refractivity contribution < 1.29 is 14.4 Å². The van der Waals surface area contributed by atoms with Gasteiger partial charge in [-0.25, -0.2) is 4.79 Å². The van der Waals surface area contributed by atoms with Gasteiger partial charge in [0, 0.05) is 12.1 Å². The zero-order valence-corrected chi connectivity index (χ0v) is 18.0. The Hall–Kier alpha value is -1.59. The summed E-state index contributed by atoms with van der Waals surface area (Å²) in [6.07, 6.45) is 15.1. The molecule has 0 aromatic rings. The van der Waals surface area contributed by atoms with Gasteiger partial charge in [0.15, 0.2) is 0 Å². The molecule has 1 N–H and O–H groups in total. The Labute approximate surface area is 174 Å². The van der Waals surface area contributed by atoms with Gasteiger partial charge in [0.1, 0.15) is 12.1 Å². The molecule has 6 heteroatoms. The third-order valence-electron chi connectivity index (χ3n) is 8.02. The fraction of sp³-hybridized carbons (Fsp3) is 0.870. The topological polar surface area (TPSA) is 69.7 Å². The van der Waals surface area contributed by atoms with Crippen molar-refractivity contribution in [3.05, 3.63) is 0 Å². The van der Waals surface area contributed by atoms with E-state index in [9.17, 15) is 14.4 Å². The molecule has 4 fully saturated rings. The van der Waals surface area contributed by atoms with E-state index >= 15 is 0 Å². The highest BCUT2D eigenvalue weighted by Crippen LogP contribution is 2.38. The summed E-state index contributed by atoms with van der Waals surface area (Å²) < 4.78 is 0. The van der Waals surface area contributed by atoms with E-state index in [4.69, 9.17) is 0 Å². The van der Waals surface area contributed by atoms with E-state index in [1.807, 2.05) is 0 Å². The molecule has 0 bridgehead atoms. The molecular formula is C23H37N3O3. The SMILES string of the molecule is CC1CCCCC12NC(=O)N(CC(=O)N(C1CCCCC1)C1CCCCC1)C2=O. The quantitative estimate of drug-likeness (QED) is 0.722. The molecule has 0 aromatic heterocycles. The van der Waals surface area contributed by atoms with Gasteiger partial charge in [0.05, 0.1) is 0 Å². The Bertz CT molecular complexity index is 621. The highest BCUT2D eigenvalue weighted by molar-refractivity contribution is 6.09. The van der Waals surface area contributed by atoms with Gasteiger partial charge in [0.2, 0.25) is 5.91 Å². The van der Waals surface area contributed by atoms with E-state index in [2.05, 4.69) is 17.1 Å². The number of carbonyl (C=O) groups is 3. The van der Waals surface area contributed by atoms with E-state index < -0.39 is 5.54 Å². The minimum atomic E-state index is -0.782. The van der Waals surface area contributed by atoms with E-state index in [-0.39, 0.29) is 42.4 Å². The summed E-state index contributed by atoms with van der Waals surface area (Å²) in [5.41, 5.74) is -0.782. The minimum Gasteiger partial charge on any atom is -0.335 e. The fourth-order valence-electron chi connectivity index (χ4n) is 6.28. The van der Waals surface area contributed by atoms with Crippen LogP contribution in [0, 0.1) is 5.92 Å². The molecule has 1 heterocycles. The Balaban J connectivity index is 1.50. The van der Waals surface area contributed by atoms with Gasteiger partial charge in [0.25, 0.3) is 5.91 Å². The Kier molecular flexibility index (Phi) is 6.16. The molecular weight excluding hydrogens is 366 g/mol. The van der Waals surface area contributed by atoms with E-state index in [0.29, 0.717) is 6.42 Å². The average molecular weight is 404 g/mol. The van der Waals surface area contributed by atoms with E-state index in [1.54, 1.807) is 0 Å². The van der Waals surface area contributed by atoms with Gasteiger partial charge < -0.3 is 10.2 Å². The second-order valence-corrected chi connectivity index (χ2v) is 9.82. The van der Waals surface area contributed by atoms with Crippen LogP contribution in [0.4, 0.5) is 4.79 Å². The summed E-state index contributed by atoms with van der Waals surface area (Å²) in [6, 6.07) is 0.190. The lowest BCUT2D eigenvalue weighted by Crippen LogP contribution is -2.55. The largest absolute Gasteiger partial charge is 0.335 e. The molecule has 0 radical (unpaired) electrons. The molecule has 3 aliphatic carbocycles. The van der Waals surface area contributed by atoms with E-state index in [0.717, 1.165) is 44.9 Å². The number of hydrogen-bond acceptors (Lipinski definition) is 3. The van der Waals surface area contributed by atoms with Crippen molar-refractivity contribution in [3.63, 3.8) is 0 Å². The fourth-order valence-corrected chi connectivity index (χ4v) is 6.28. The van der Waals surface area contributed by atoms with Crippen LogP contribution in [-0.2, 0) is 9.59 Å². The Morgan fingerprint density at radius 2 is 1.48 bits per heavy atom. The Morgan fingerprint density at radius 1 is 0.931 bits per heavy atom. The lowest BCUT2D eigenvalue weighted by molar-refractivity contribution is -0.144. The van der Waals surface area contributed by atoms with Gasteiger partial charge in [-0.15, -0.1) is 0 Å². The van der Waals surface area contributed by atoms with Crippen LogP contribution in [0.5, 0.6) is 0 Å². The second kappa shape index (κ2) is 8.65. The van der Waals surface area contributed by atoms with Gasteiger partial charge in [-0.2, -0.15) is 0 Å². The lowest BCUT2D eigenvalue weighted by atomic mass is 9.73. The number of rotatable bonds is 4. The van der Waals surface area contributed by atoms with Crippen LogP contribution in [0.15, 0.2) is 0 Å². The molecule has 4 rings (SSSR count). The van der Waals surface area contributed by atoms with Crippen molar-refractivity contribution in [1.29, 1.82) is 0 Å². The molecule has 4 aliphatic rings. The summed E-state index contributed by atoms with van der Waals surface area (Å²) in [6.45, 7) is 1.96. The van der Waals surface area contributed by atoms with Crippen LogP contribution in [0.25, 0.3) is 0 Å². The molecule has 1 spiro atoms. The van der Waals surface area contributed by atoms with Crippen LogP contribution >= 0.6 is 0 Å². The number of amides is 4. The molecule has 29 heavy (non-hydrogen) atoms. The predicted molar refractivity (Wildman–Crippen MR) is 111 cm³/mol. The maximum Gasteiger partial charge on any atom is 0.325 e. The third-order valence-corrected chi connectivity index (χ3v) is 8.02. The summed E-state index contributed by atoms with van der Waals surface area (Å²) >= 11 is 0. The first-order valence-corrected chi connectivity index (χ1v) is 12.0. The van der Waals surface area contributed by atoms with Gasteiger partial charge in [-0.1, -0.05) is 58.3 Å². The number of carbonyl (C=O) groups excluding carboxylic acids is 3. The van der Waals surface area contributed by atoms with Crippen molar-refractivity contribution in [2.75, 3.05) is 6.54 Å². The monoisotopic (exact) mass is 403 g/mol. The van der Waals surface area contributed by atoms with Crippen LogP contribution in [-0.4, -0.2) is 51.8 Å². The first kappa shape index (κ1) is 20.7. The van der Waals surface area contributed by atoms with Crippen molar-refractivity contribution >= 4 is 17.8 Å². The predicted octanol–water partition coefficient (Wildman–Crippen LogP) is 3.98. The summed E-state index contributed by atoms with van der Waals surface area (Å²) in [4.78, 5) is 42.8. The van der Waals surface area contributed by atoms with Crippen LogP contribution in [0.3, 0.4) is 0 Å².